The van der Waals surface area contributed by atoms with E-state index < -0.39 is 0 Å². The number of hydrogen-bond donors (Lipinski definition) is 1. The van der Waals surface area contributed by atoms with Crippen molar-refractivity contribution in [2.75, 3.05) is 5.73 Å². The van der Waals surface area contributed by atoms with Crippen LogP contribution < -0.4 is 5.73 Å². The first kappa shape index (κ1) is 10.1. The lowest BCUT2D eigenvalue weighted by Gasteiger charge is -2.03. The summed E-state index contributed by atoms with van der Waals surface area (Å²) in [5.41, 5.74) is 7.15. The average molecular weight is 249 g/mol. The Morgan fingerprint density at radius 2 is 2.18 bits per heavy atom. The minimum atomic E-state index is 0.398. The highest BCUT2D eigenvalue weighted by molar-refractivity contribution is 6.31. The van der Waals surface area contributed by atoms with Crippen LogP contribution in [0.3, 0.4) is 0 Å². The van der Waals surface area contributed by atoms with Crippen molar-refractivity contribution >= 4 is 23.1 Å². The molecule has 3 aromatic heterocycles. The summed E-state index contributed by atoms with van der Waals surface area (Å²) < 4.78 is 3.37. The Labute approximate surface area is 102 Å². The first-order valence-electron chi connectivity index (χ1n) is 4.96. The van der Waals surface area contributed by atoms with Crippen LogP contribution in [0.1, 0.15) is 5.69 Å². The van der Waals surface area contributed by atoms with Gasteiger partial charge in [0, 0.05) is 12.4 Å². The number of aromatic nitrogens is 5. The third-order valence-corrected chi connectivity index (χ3v) is 2.80. The van der Waals surface area contributed by atoms with Crippen LogP contribution in [0, 0.1) is 6.92 Å². The molecule has 0 radical (unpaired) electrons. The molecule has 3 aromatic rings. The molecule has 0 aliphatic carbocycles. The zero-order valence-electron chi connectivity index (χ0n) is 9.00. The third-order valence-electron chi connectivity index (χ3n) is 2.43. The first-order valence-corrected chi connectivity index (χ1v) is 5.34. The number of nitrogens with two attached hydrogens (primary N) is 1. The van der Waals surface area contributed by atoms with Gasteiger partial charge in [0.25, 0.3) is 0 Å². The van der Waals surface area contributed by atoms with Gasteiger partial charge in [-0.25, -0.2) is 14.6 Å². The monoisotopic (exact) mass is 248 g/mol. The highest BCUT2D eigenvalue weighted by atomic mass is 35.5. The highest BCUT2D eigenvalue weighted by Crippen LogP contribution is 2.18. The van der Waals surface area contributed by atoms with Crippen LogP contribution in [0.25, 0.3) is 11.5 Å². The molecule has 17 heavy (non-hydrogen) atoms. The van der Waals surface area contributed by atoms with E-state index in [1.54, 1.807) is 33.9 Å². The summed E-state index contributed by atoms with van der Waals surface area (Å²) in [7, 11) is 0. The van der Waals surface area contributed by atoms with E-state index in [1.165, 1.54) is 0 Å². The summed E-state index contributed by atoms with van der Waals surface area (Å²) in [6.45, 7) is 1.83. The molecule has 0 amide bonds. The summed E-state index contributed by atoms with van der Waals surface area (Å²) in [5, 5.41) is 4.85. The summed E-state index contributed by atoms with van der Waals surface area (Å²) >= 11 is 5.97. The molecule has 0 atom stereocenters. The first-order chi connectivity index (χ1) is 8.15. The van der Waals surface area contributed by atoms with Crippen LogP contribution in [0.2, 0.25) is 5.02 Å². The van der Waals surface area contributed by atoms with Gasteiger partial charge in [0.05, 0.1) is 23.1 Å². The summed E-state index contributed by atoms with van der Waals surface area (Å²) in [6.07, 6.45) is 6.86. The second kappa shape index (κ2) is 3.46. The Balaban J connectivity index is 2.32. The molecule has 0 saturated carbocycles. The molecule has 3 heterocycles. The van der Waals surface area contributed by atoms with Crippen molar-refractivity contribution < 1.29 is 0 Å². The van der Waals surface area contributed by atoms with Gasteiger partial charge in [-0.1, -0.05) is 11.6 Å². The van der Waals surface area contributed by atoms with E-state index >= 15 is 0 Å². The van der Waals surface area contributed by atoms with Crippen LogP contribution in [0.5, 0.6) is 0 Å². The smallest absolute Gasteiger partial charge is 0.199 e. The number of fused-ring (bicyclic) bond motifs is 1. The number of anilines is 1. The zero-order chi connectivity index (χ0) is 12.0. The number of nitrogen functional groups attached to an aromatic ring is 1. The maximum Gasteiger partial charge on any atom is 0.199 e. The Morgan fingerprint density at radius 1 is 1.35 bits per heavy atom. The number of nitrogens with zero attached hydrogens (tertiary/aromatic N) is 5. The number of imidazole rings is 1. The molecule has 86 valence electrons. The van der Waals surface area contributed by atoms with Gasteiger partial charge in [0.2, 0.25) is 0 Å². The van der Waals surface area contributed by atoms with Crippen molar-refractivity contribution in [1.82, 2.24) is 24.1 Å². The summed E-state index contributed by atoms with van der Waals surface area (Å²) in [4.78, 5) is 8.45. The molecular weight excluding hydrogens is 240 g/mol. The topological polar surface area (TPSA) is 74.0 Å². The maximum atomic E-state index is 5.97. The summed E-state index contributed by atoms with van der Waals surface area (Å²) in [6, 6.07) is 0. The SMILES string of the molecule is Cc1nn(-c2nc(N)cn3ccnc23)cc1Cl. The molecule has 2 N–H and O–H groups in total. The molecule has 7 heteroatoms. The molecule has 0 unspecified atom stereocenters. The molecule has 6 nitrogen and oxygen atoms in total. The lowest BCUT2D eigenvalue weighted by atomic mass is 10.5. The van der Waals surface area contributed by atoms with Crippen LogP contribution >= 0.6 is 11.6 Å². The van der Waals surface area contributed by atoms with Crippen molar-refractivity contribution in [2.24, 2.45) is 0 Å². The van der Waals surface area contributed by atoms with E-state index in [0.717, 1.165) is 5.69 Å². The number of halogens is 1. The fourth-order valence-corrected chi connectivity index (χ4v) is 1.77. The molecule has 0 aliphatic rings. The lowest BCUT2D eigenvalue weighted by molar-refractivity contribution is 0.830. The van der Waals surface area contributed by atoms with Gasteiger partial charge in [-0.05, 0) is 6.92 Å². The molecule has 0 aliphatic heterocycles. The fourth-order valence-electron chi connectivity index (χ4n) is 1.64. The number of hydrogen-bond acceptors (Lipinski definition) is 4. The van der Waals surface area contributed by atoms with Crippen LogP contribution in [0.4, 0.5) is 5.82 Å². The van der Waals surface area contributed by atoms with Crippen LogP contribution in [0.15, 0.2) is 24.8 Å². The molecule has 3 rings (SSSR count). The number of rotatable bonds is 1. The van der Waals surface area contributed by atoms with Gasteiger partial charge in [0.1, 0.15) is 5.82 Å². The van der Waals surface area contributed by atoms with Crippen molar-refractivity contribution in [2.45, 2.75) is 6.92 Å². The Bertz CT molecular complexity index is 678. The predicted molar refractivity (Wildman–Crippen MR) is 64.3 cm³/mol. The molecule has 0 bridgehead atoms. The van der Waals surface area contributed by atoms with E-state index in [0.29, 0.717) is 22.3 Å². The molecule has 0 spiro atoms. The Hall–Kier alpha value is -2.08. The van der Waals surface area contributed by atoms with Gasteiger partial charge >= 0.3 is 0 Å². The quantitative estimate of drug-likeness (QED) is 0.708. The van der Waals surface area contributed by atoms with Gasteiger partial charge in [-0.3, -0.25) is 0 Å². The summed E-state index contributed by atoms with van der Waals surface area (Å²) in [5.74, 6) is 0.958. The second-order valence-electron chi connectivity index (χ2n) is 3.65. The Morgan fingerprint density at radius 3 is 2.88 bits per heavy atom. The fraction of sp³-hybridized carbons (Fsp3) is 0.100. The molecule has 0 aromatic carbocycles. The Kier molecular flexibility index (Phi) is 2.05. The third kappa shape index (κ3) is 1.53. The van der Waals surface area contributed by atoms with Gasteiger partial charge in [-0.2, -0.15) is 5.10 Å². The number of aryl methyl sites for hydroxylation is 1. The van der Waals surface area contributed by atoms with E-state index in [1.807, 2.05) is 6.92 Å². The van der Waals surface area contributed by atoms with Gasteiger partial charge in [0.15, 0.2) is 11.5 Å². The molecular formula is C10H9ClN6. The van der Waals surface area contributed by atoms with Crippen molar-refractivity contribution in [3.05, 3.63) is 35.5 Å². The van der Waals surface area contributed by atoms with E-state index in [4.69, 9.17) is 17.3 Å². The zero-order valence-corrected chi connectivity index (χ0v) is 9.76. The standard InChI is InChI=1S/C10H9ClN6/c1-6-7(11)4-17(15-6)10-9-13-2-3-16(9)5-8(12)14-10/h2-5H,12H2,1H3. The van der Waals surface area contributed by atoms with Gasteiger partial charge < -0.3 is 10.1 Å². The molecule has 0 saturated heterocycles. The average Bonchev–Trinajstić information content (AvgIpc) is 2.85. The van der Waals surface area contributed by atoms with Crippen molar-refractivity contribution in [3.8, 4) is 5.82 Å². The normalized spacial score (nSPS) is 11.2. The van der Waals surface area contributed by atoms with Gasteiger partial charge in [-0.15, -0.1) is 0 Å². The minimum Gasteiger partial charge on any atom is -0.382 e. The van der Waals surface area contributed by atoms with Crippen molar-refractivity contribution in [1.29, 1.82) is 0 Å². The predicted octanol–water partition coefficient (Wildman–Crippen LogP) is 1.46. The van der Waals surface area contributed by atoms with Crippen molar-refractivity contribution in [3.63, 3.8) is 0 Å². The lowest BCUT2D eigenvalue weighted by Crippen LogP contribution is -2.05. The minimum absolute atomic E-state index is 0.398. The highest BCUT2D eigenvalue weighted by Gasteiger charge is 2.11. The van der Waals surface area contributed by atoms with E-state index in [9.17, 15) is 0 Å². The maximum absolute atomic E-state index is 5.97. The van der Waals surface area contributed by atoms with E-state index in [2.05, 4.69) is 15.1 Å². The molecule has 0 fully saturated rings. The van der Waals surface area contributed by atoms with E-state index in [-0.39, 0.29) is 0 Å². The largest absolute Gasteiger partial charge is 0.382 e. The second-order valence-corrected chi connectivity index (χ2v) is 4.06. The van der Waals surface area contributed by atoms with Crippen LogP contribution in [-0.4, -0.2) is 24.1 Å². The van der Waals surface area contributed by atoms with Crippen LogP contribution in [-0.2, 0) is 0 Å².